The van der Waals surface area contributed by atoms with Gasteiger partial charge in [-0.05, 0) is 50.9 Å². The van der Waals surface area contributed by atoms with Crippen LogP contribution >= 0.6 is 0 Å². The van der Waals surface area contributed by atoms with Gasteiger partial charge in [-0.2, -0.15) is 9.61 Å². The monoisotopic (exact) mass is 353 g/mol. The van der Waals surface area contributed by atoms with Crippen molar-refractivity contribution in [3.63, 3.8) is 0 Å². The molecular formula is C20H24FN5. The molecule has 0 radical (unpaired) electrons. The standard InChI is InChI=1S/C20H24FN5/c1-14-10-20(26-19(22-14)11-15(2)24-26)23-18-4-3-9-25(13-18)12-16-5-7-17(21)8-6-16/h5-8,10-11,18,23H,3-4,9,12-13H2,1-2H3/t18-/m0/s1. The average Bonchev–Trinajstić information content (AvgIpc) is 2.98. The van der Waals surface area contributed by atoms with Crippen molar-refractivity contribution in [1.82, 2.24) is 19.5 Å². The molecule has 0 spiro atoms. The summed E-state index contributed by atoms with van der Waals surface area (Å²) in [6, 6.07) is 11.2. The number of likely N-dealkylation sites (tertiary alicyclic amines) is 1. The fourth-order valence-electron chi connectivity index (χ4n) is 3.69. The van der Waals surface area contributed by atoms with Gasteiger partial charge in [-0.1, -0.05) is 12.1 Å². The highest BCUT2D eigenvalue weighted by atomic mass is 19.1. The van der Waals surface area contributed by atoms with Crippen molar-refractivity contribution in [3.05, 3.63) is 59.2 Å². The maximum Gasteiger partial charge on any atom is 0.157 e. The van der Waals surface area contributed by atoms with Gasteiger partial charge in [0.25, 0.3) is 0 Å². The Morgan fingerprint density at radius 2 is 1.96 bits per heavy atom. The molecule has 1 aliphatic heterocycles. The number of nitrogens with zero attached hydrogens (tertiary/aromatic N) is 4. The van der Waals surface area contributed by atoms with E-state index in [1.54, 1.807) is 0 Å². The topological polar surface area (TPSA) is 45.5 Å². The van der Waals surface area contributed by atoms with Crippen molar-refractivity contribution >= 4 is 11.5 Å². The minimum Gasteiger partial charge on any atom is -0.366 e. The molecule has 1 fully saturated rings. The lowest BCUT2D eigenvalue weighted by Crippen LogP contribution is -2.42. The second-order valence-corrected chi connectivity index (χ2v) is 7.18. The number of halogens is 1. The smallest absolute Gasteiger partial charge is 0.157 e. The number of hydrogen-bond acceptors (Lipinski definition) is 4. The van der Waals surface area contributed by atoms with Crippen LogP contribution in [-0.2, 0) is 6.54 Å². The number of anilines is 1. The van der Waals surface area contributed by atoms with Gasteiger partial charge in [0.2, 0.25) is 0 Å². The Kier molecular flexibility index (Phi) is 4.59. The molecule has 4 rings (SSSR count). The molecule has 3 heterocycles. The van der Waals surface area contributed by atoms with Crippen LogP contribution < -0.4 is 5.32 Å². The normalized spacial score (nSPS) is 18.3. The molecule has 1 aliphatic rings. The molecule has 0 aliphatic carbocycles. The predicted octanol–water partition coefficient (Wildman–Crippen LogP) is 3.56. The Bertz CT molecular complexity index is 902. The number of aryl methyl sites for hydroxylation is 2. The number of benzene rings is 1. The molecule has 1 aromatic carbocycles. The molecule has 6 heteroatoms. The first-order valence-corrected chi connectivity index (χ1v) is 9.14. The van der Waals surface area contributed by atoms with Crippen LogP contribution in [0.15, 0.2) is 36.4 Å². The van der Waals surface area contributed by atoms with Gasteiger partial charge in [0.1, 0.15) is 11.6 Å². The molecule has 1 saturated heterocycles. The zero-order chi connectivity index (χ0) is 18.1. The van der Waals surface area contributed by atoms with E-state index in [2.05, 4.69) is 26.4 Å². The van der Waals surface area contributed by atoms with Crippen molar-refractivity contribution in [2.45, 2.75) is 39.3 Å². The van der Waals surface area contributed by atoms with E-state index in [9.17, 15) is 4.39 Å². The van der Waals surface area contributed by atoms with Crippen molar-refractivity contribution in [1.29, 1.82) is 0 Å². The van der Waals surface area contributed by atoms with E-state index in [1.807, 2.05) is 36.6 Å². The van der Waals surface area contributed by atoms with Crippen LogP contribution in [0.25, 0.3) is 5.65 Å². The number of aromatic nitrogens is 3. The first-order chi connectivity index (χ1) is 12.6. The SMILES string of the molecule is Cc1cc(N[C@H]2CCCN(Cc3ccc(F)cc3)C2)n2nc(C)cc2n1. The maximum absolute atomic E-state index is 13.1. The molecule has 1 atom stereocenters. The molecule has 5 nitrogen and oxygen atoms in total. The molecule has 136 valence electrons. The highest BCUT2D eigenvalue weighted by molar-refractivity contribution is 5.50. The number of fused-ring (bicyclic) bond motifs is 1. The fourth-order valence-corrected chi connectivity index (χ4v) is 3.69. The largest absolute Gasteiger partial charge is 0.366 e. The zero-order valence-electron chi connectivity index (χ0n) is 15.2. The van der Waals surface area contributed by atoms with Crippen molar-refractivity contribution in [3.8, 4) is 0 Å². The highest BCUT2D eigenvalue weighted by Gasteiger charge is 2.21. The van der Waals surface area contributed by atoms with Crippen LogP contribution in [0.4, 0.5) is 10.2 Å². The van der Waals surface area contributed by atoms with E-state index >= 15 is 0 Å². The van der Waals surface area contributed by atoms with Crippen LogP contribution in [0, 0.1) is 19.7 Å². The third kappa shape index (κ3) is 3.70. The number of rotatable bonds is 4. The molecule has 0 amide bonds. The van der Waals surface area contributed by atoms with Gasteiger partial charge >= 0.3 is 0 Å². The van der Waals surface area contributed by atoms with E-state index < -0.39 is 0 Å². The lowest BCUT2D eigenvalue weighted by atomic mass is 10.0. The van der Waals surface area contributed by atoms with Crippen molar-refractivity contribution in [2.24, 2.45) is 0 Å². The molecule has 0 bridgehead atoms. The van der Waals surface area contributed by atoms with E-state index in [0.29, 0.717) is 6.04 Å². The van der Waals surface area contributed by atoms with Gasteiger partial charge in [-0.3, -0.25) is 4.90 Å². The Balaban J connectivity index is 1.47. The Morgan fingerprint density at radius 3 is 2.77 bits per heavy atom. The molecule has 0 unspecified atom stereocenters. The van der Waals surface area contributed by atoms with Gasteiger partial charge in [0.15, 0.2) is 5.65 Å². The summed E-state index contributed by atoms with van der Waals surface area (Å²) in [6.07, 6.45) is 2.27. The van der Waals surface area contributed by atoms with E-state index in [-0.39, 0.29) is 5.82 Å². The van der Waals surface area contributed by atoms with Crippen LogP contribution in [0.3, 0.4) is 0 Å². The summed E-state index contributed by atoms with van der Waals surface area (Å²) in [7, 11) is 0. The molecule has 3 aromatic rings. The highest BCUT2D eigenvalue weighted by Crippen LogP contribution is 2.20. The van der Waals surface area contributed by atoms with E-state index in [0.717, 1.165) is 60.9 Å². The average molecular weight is 353 g/mol. The second-order valence-electron chi connectivity index (χ2n) is 7.18. The summed E-state index contributed by atoms with van der Waals surface area (Å²) in [5.74, 6) is 0.813. The van der Waals surface area contributed by atoms with Crippen LogP contribution in [-0.4, -0.2) is 38.6 Å². The van der Waals surface area contributed by atoms with Crippen LogP contribution in [0.1, 0.15) is 29.8 Å². The lowest BCUT2D eigenvalue weighted by Gasteiger charge is -2.33. The number of piperidine rings is 1. The zero-order valence-corrected chi connectivity index (χ0v) is 15.2. The van der Waals surface area contributed by atoms with Gasteiger partial charge in [-0.25, -0.2) is 9.37 Å². The predicted molar refractivity (Wildman–Crippen MR) is 101 cm³/mol. The molecule has 1 N–H and O–H groups in total. The van der Waals surface area contributed by atoms with Gasteiger partial charge in [0.05, 0.1) is 5.69 Å². The molecular weight excluding hydrogens is 329 g/mol. The van der Waals surface area contributed by atoms with E-state index in [4.69, 9.17) is 0 Å². The Labute approximate surface area is 152 Å². The molecule has 2 aromatic heterocycles. The molecule has 26 heavy (non-hydrogen) atoms. The van der Waals surface area contributed by atoms with Gasteiger partial charge in [0, 0.05) is 37.0 Å². The summed E-state index contributed by atoms with van der Waals surface area (Å²) in [4.78, 5) is 6.97. The minimum atomic E-state index is -0.182. The minimum absolute atomic E-state index is 0.182. The van der Waals surface area contributed by atoms with E-state index in [1.165, 1.54) is 12.1 Å². The van der Waals surface area contributed by atoms with Crippen molar-refractivity contribution in [2.75, 3.05) is 18.4 Å². The molecule has 0 saturated carbocycles. The first-order valence-electron chi connectivity index (χ1n) is 9.14. The maximum atomic E-state index is 13.1. The summed E-state index contributed by atoms with van der Waals surface area (Å²) < 4.78 is 15.0. The lowest BCUT2D eigenvalue weighted by molar-refractivity contribution is 0.208. The summed E-state index contributed by atoms with van der Waals surface area (Å²) >= 11 is 0. The van der Waals surface area contributed by atoms with Crippen LogP contribution in [0.5, 0.6) is 0 Å². The van der Waals surface area contributed by atoms with Crippen LogP contribution in [0.2, 0.25) is 0 Å². The summed E-state index contributed by atoms with van der Waals surface area (Å²) in [6.45, 7) is 6.87. The first kappa shape index (κ1) is 17.0. The van der Waals surface area contributed by atoms with Gasteiger partial charge in [-0.15, -0.1) is 0 Å². The fraction of sp³-hybridized carbons (Fsp3) is 0.400. The number of hydrogen-bond donors (Lipinski definition) is 1. The Morgan fingerprint density at radius 1 is 1.15 bits per heavy atom. The number of nitrogens with one attached hydrogen (secondary N) is 1. The van der Waals surface area contributed by atoms with Gasteiger partial charge < -0.3 is 5.32 Å². The third-order valence-electron chi connectivity index (χ3n) is 4.85. The third-order valence-corrected chi connectivity index (χ3v) is 4.85. The summed E-state index contributed by atoms with van der Waals surface area (Å²) in [5.41, 5.74) is 3.98. The Hall–Kier alpha value is -2.47. The quantitative estimate of drug-likeness (QED) is 0.779. The van der Waals surface area contributed by atoms with Crippen molar-refractivity contribution < 1.29 is 4.39 Å². The summed E-state index contributed by atoms with van der Waals surface area (Å²) in [5, 5.41) is 8.22. The second kappa shape index (κ2) is 7.03.